The van der Waals surface area contributed by atoms with Gasteiger partial charge in [-0.2, -0.15) is 5.10 Å². The first-order valence-corrected chi connectivity index (χ1v) is 6.60. The number of carbonyl (C=O) groups is 1. The highest BCUT2D eigenvalue weighted by Gasteiger charge is 2.31. The minimum atomic E-state index is -0.204. The summed E-state index contributed by atoms with van der Waals surface area (Å²) in [4.78, 5) is 12.0. The van der Waals surface area contributed by atoms with Crippen LogP contribution in [-0.4, -0.2) is 21.7 Å². The van der Waals surface area contributed by atoms with Crippen LogP contribution >= 0.6 is 0 Å². The topological polar surface area (TPSA) is 72.9 Å². The van der Waals surface area contributed by atoms with Gasteiger partial charge in [0.25, 0.3) is 0 Å². The van der Waals surface area contributed by atoms with Crippen molar-refractivity contribution in [2.45, 2.75) is 45.7 Å². The van der Waals surface area contributed by atoms with Gasteiger partial charge in [-0.25, -0.2) is 4.68 Å². The van der Waals surface area contributed by atoms with Crippen molar-refractivity contribution < 1.29 is 4.79 Å². The Labute approximate surface area is 108 Å². The van der Waals surface area contributed by atoms with Crippen molar-refractivity contribution in [3.8, 4) is 0 Å². The second-order valence-corrected chi connectivity index (χ2v) is 5.38. The van der Waals surface area contributed by atoms with Gasteiger partial charge < -0.3 is 11.1 Å². The molecule has 1 aliphatic carbocycles. The number of nitrogens with zero attached hydrogens (tertiary/aromatic N) is 2. The molecule has 100 valence electrons. The maximum absolute atomic E-state index is 12.0. The fourth-order valence-electron chi connectivity index (χ4n) is 1.99. The Morgan fingerprint density at radius 1 is 1.50 bits per heavy atom. The van der Waals surface area contributed by atoms with Gasteiger partial charge in [0, 0.05) is 12.1 Å². The number of nitrogens with one attached hydrogen (secondary N) is 1. The molecule has 5 nitrogen and oxygen atoms in total. The molecule has 0 bridgehead atoms. The van der Waals surface area contributed by atoms with Crippen LogP contribution in [0.1, 0.15) is 39.7 Å². The predicted molar refractivity (Wildman–Crippen MR) is 71.1 cm³/mol. The summed E-state index contributed by atoms with van der Waals surface area (Å²) in [5.41, 5.74) is 5.74. The van der Waals surface area contributed by atoms with Gasteiger partial charge in [0.1, 0.15) is 5.82 Å². The van der Waals surface area contributed by atoms with Gasteiger partial charge in [0.15, 0.2) is 0 Å². The van der Waals surface area contributed by atoms with Crippen molar-refractivity contribution >= 4 is 11.7 Å². The number of hydrogen-bond acceptors (Lipinski definition) is 3. The molecule has 1 aromatic rings. The first-order valence-electron chi connectivity index (χ1n) is 6.60. The Hall–Kier alpha value is -1.36. The van der Waals surface area contributed by atoms with E-state index in [1.165, 1.54) is 12.8 Å². The molecular weight excluding hydrogens is 228 g/mol. The van der Waals surface area contributed by atoms with Crippen LogP contribution < -0.4 is 11.1 Å². The first kappa shape index (κ1) is 13.1. The van der Waals surface area contributed by atoms with Crippen LogP contribution in [0.15, 0.2) is 12.3 Å². The van der Waals surface area contributed by atoms with Gasteiger partial charge in [-0.3, -0.25) is 4.79 Å². The van der Waals surface area contributed by atoms with Gasteiger partial charge >= 0.3 is 0 Å². The molecular formula is C13H22N4O. The average Bonchev–Trinajstić information content (AvgIpc) is 3.08. The van der Waals surface area contributed by atoms with Crippen LogP contribution in [0, 0.1) is 11.8 Å². The van der Waals surface area contributed by atoms with E-state index < -0.39 is 0 Å². The van der Waals surface area contributed by atoms with Crippen LogP contribution in [0.2, 0.25) is 0 Å². The maximum atomic E-state index is 12.0. The second kappa shape index (κ2) is 5.10. The molecule has 0 saturated heterocycles. The second-order valence-electron chi connectivity index (χ2n) is 5.38. The molecule has 0 aliphatic heterocycles. The smallest absolute Gasteiger partial charge is 0.229 e. The Bertz CT molecular complexity index is 422. The highest BCUT2D eigenvalue weighted by atomic mass is 16.2. The molecule has 0 spiro atoms. The van der Waals surface area contributed by atoms with Crippen molar-refractivity contribution in [2.24, 2.45) is 17.6 Å². The Balaban J connectivity index is 2.05. The van der Waals surface area contributed by atoms with E-state index in [2.05, 4.69) is 17.3 Å². The molecule has 1 aliphatic rings. The van der Waals surface area contributed by atoms with Crippen molar-refractivity contribution in [1.82, 2.24) is 9.78 Å². The number of anilines is 1. The van der Waals surface area contributed by atoms with E-state index in [-0.39, 0.29) is 17.9 Å². The summed E-state index contributed by atoms with van der Waals surface area (Å²) in [7, 11) is 0. The normalized spacial score (nSPS) is 20.2. The first-order chi connectivity index (χ1) is 8.50. The number of rotatable bonds is 5. The van der Waals surface area contributed by atoms with Crippen molar-refractivity contribution in [2.75, 3.05) is 5.32 Å². The van der Waals surface area contributed by atoms with Crippen molar-refractivity contribution in [3.63, 3.8) is 0 Å². The minimum Gasteiger partial charge on any atom is -0.327 e. The number of nitrogens with two attached hydrogens (primary N) is 1. The lowest BCUT2D eigenvalue weighted by molar-refractivity contribution is -0.119. The van der Waals surface area contributed by atoms with Crippen molar-refractivity contribution in [3.05, 3.63) is 12.3 Å². The molecule has 3 unspecified atom stereocenters. The number of hydrogen-bond donors (Lipinski definition) is 2. The molecule has 3 N–H and O–H groups in total. The third-order valence-electron chi connectivity index (χ3n) is 3.81. The minimum absolute atomic E-state index is 0.0465. The van der Waals surface area contributed by atoms with Gasteiger partial charge in [0.2, 0.25) is 5.91 Å². The lowest BCUT2D eigenvalue weighted by Gasteiger charge is -2.18. The molecule has 18 heavy (non-hydrogen) atoms. The van der Waals surface area contributed by atoms with Crippen LogP contribution in [0.4, 0.5) is 5.82 Å². The Kier molecular flexibility index (Phi) is 3.71. The van der Waals surface area contributed by atoms with Gasteiger partial charge in [-0.05, 0) is 32.6 Å². The van der Waals surface area contributed by atoms with Crippen LogP contribution in [0.3, 0.4) is 0 Å². The van der Waals surface area contributed by atoms with E-state index in [9.17, 15) is 4.79 Å². The third kappa shape index (κ3) is 2.72. The summed E-state index contributed by atoms with van der Waals surface area (Å²) in [5, 5.41) is 7.22. The highest BCUT2D eigenvalue weighted by molar-refractivity contribution is 5.91. The fraction of sp³-hybridized carbons (Fsp3) is 0.692. The molecule has 1 heterocycles. The van der Waals surface area contributed by atoms with Crippen LogP contribution in [0.25, 0.3) is 0 Å². The van der Waals surface area contributed by atoms with E-state index in [1.807, 2.05) is 24.6 Å². The summed E-state index contributed by atoms with van der Waals surface area (Å²) in [6.45, 7) is 5.83. The Morgan fingerprint density at radius 2 is 2.17 bits per heavy atom. The Morgan fingerprint density at radius 3 is 2.72 bits per heavy atom. The number of amides is 1. The fourth-order valence-corrected chi connectivity index (χ4v) is 1.99. The largest absolute Gasteiger partial charge is 0.327 e. The molecule has 5 heteroatoms. The molecule has 1 fully saturated rings. The summed E-state index contributed by atoms with van der Waals surface area (Å²) in [6, 6.07) is 2.04. The van der Waals surface area contributed by atoms with Crippen LogP contribution in [-0.2, 0) is 4.79 Å². The van der Waals surface area contributed by atoms with E-state index >= 15 is 0 Å². The number of carbonyl (C=O) groups excluding carboxylic acids is 1. The van der Waals surface area contributed by atoms with E-state index in [1.54, 1.807) is 6.20 Å². The lowest BCUT2D eigenvalue weighted by atomic mass is 10.0. The van der Waals surface area contributed by atoms with Crippen LogP contribution in [0.5, 0.6) is 0 Å². The predicted octanol–water partition coefficient (Wildman–Crippen LogP) is 1.78. The van der Waals surface area contributed by atoms with Crippen molar-refractivity contribution in [1.29, 1.82) is 0 Å². The van der Waals surface area contributed by atoms with Gasteiger partial charge in [-0.15, -0.1) is 0 Å². The third-order valence-corrected chi connectivity index (χ3v) is 3.81. The van der Waals surface area contributed by atoms with E-state index in [0.29, 0.717) is 12.0 Å². The molecule has 0 radical (unpaired) electrons. The number of aromatic nitrogens is 2. The summed E-state index contributed by atoms with van der Waals surface area (Å²) < 4.78 is 1.91. The van der Waals surface area contributed by atoms with E-state index in [0.717, 1.165) is 5.82 Å². The zero-order valence-corrected chi connectivity index (χ0v) is 11.3. The SMILES string of the molecule is CC(N)C(C)C(=O)Nc1ccnn1C(C)C1CC1. The zero-order chi connectivity index (χ0) is 13.3. The summed E-state index contributed by atoms with van der Waals surface area (Å²) in [6.07, 6.45) is 4.24. The molecule has 1 amide bonds. The summed E-state index contributed by atoms with van der Waals surface area (Å²) >= 11 is 0. The molecule has 2 rings (SSSR count). The lowest BCUT2D eigenvalue weighted by Crippen LogP contribution is -2.35. The van der Waals surface area contributed by atoms with E-state index in [4.69, 9.17) is 5.73 Å². The quantitative estimate of drug-likeness (QED) is 0.836. The molecule has 0 aromatic carbocycles. The van der Waals surface area contributed by atoms with Gasteiger partial charge in [0.05, 0.1) is 18.2 Å². The maximum Gasteiger partial charge on any atom is 0.229 e. The molecule has 3 atom stereocenters. The average molecular weight is 250 g/mol. The summed E-state index contributed by atoms with van der Waals surface area (Å²) in [5.74, 6) is 1.22. The molecule has 1 saturated carbocycles. The zero-order valence-electron chi connectivity index (χ0n) is 11.3. The van der Waals surface area contributed by atoms with Gasteiger partial charge in [-0.1, -0.05) is 6.92 Å². The highest BCUT2D eigenvalue weighted by Crippen LogP contribution is 2.40. The monoisotopic (exact) mass is 250 g/mol. The molecule has 1 aromatic heterocycles. The standard InChI is InChI=1S/C13H22N4O/c1-8(9(2)14)13(18)16-12-6-7-15-17(12)10(3)11-4-5-11/h6-11H,4-5,14H2,1-3H3,(H,16,18).